The van der Waals surface area contributed by atoms with Crippen LogP contribution in [0.15, 0.2) is 64.3 Å². The molecule has 6 aliphatic heterocycles. The van der Waals surface area contributed by atoms with Gasteiger partial charge >= 0.3 is 12.3 Å². The number of nitrogens with one attached hydrogen (secondary N) is 2. The molecule has 3 aromatic carbocycles. The number of esters is 1. The smallest absolute Gasteiger partial charge is 0.315 e. The number of ketones is 1. The Balaban J connectivity index is 1.02. The minimum Gasteiger partial charge on any atom is -0.507 e. The van der Waals surface area contributed by atoms with Crippen LogP contribution in [0.25, 0.3) is 10.8 Å². The van der Waals surface area contributed by atoms with Crippen LogP contribution in [0, 0.1) is 18.8 Å². The van der Waals surface area contributed by atoms with E-state index in [-0.39, 0.29) is 93.0 Å². The first-order valence-electron chi connectivity index (χ1n) is 25.6. The van der Waals surface area contributed by atoms with Crippen LogP contribution < -0.4 is 35.6 Å². The molecule has 2 unspecified atom stereocenters. The second kappa shape index (κ2) is 22.8. The fourth-order valence-electron chi connectivity index (χ4n) is 10.4. The number of rotatable bonds is 9. The zero-order chi connectivity index (χ0) is 53.0. The number of piperidine rings is 2. The predicted molar refractivity (Wildman–Crippen MR) is 275 cm³/mol. The molecule has 19 nitrogen and oxygen atoms in total. The summed E-state index contributed by atoms with van der Waals surface area (Å²) in [5.41, 5.74) is 0.249. The van der Waals surface area contributed by atoms with E-state index in [1.54, 1.807) is 70.3 Å². The minimum atomic E-state index is -1.49. The van der Waals surface area contributed by atoms with Gasteiger partial charge in [-0.25, -0.2) is 0 Å². The molecule has 1 spiro atoms. The number of phenols is 2. The highest BCUT2D eigenvalue weighted by Crippen LogP contribution is 2.48. The molecule has 5 atom stereocenters. The fraction of sp³-hybridized carbons (Fsp3) is 0.527. The highest BCUT2D eigenvalue weighted by Gasteiger charge is 2.43. The number of hydrogen-bond acceptors (Lipinski definition) is 17. The van der Waals surface area contributed by atoms with Gasteiger partial charge in [0.2, 0.25) is 11.7 Å². The van der Waals surface area contributed by atoms with Gasteiger partial charge in [-0.3, -0.25) is 29.2 Å². The normalized spacial score (nSPS) is 25.2. The lowest BCUT2D eigenvalue weighted by atomic mass is 9.94. The van der Waals surface area contributed by atoms with Crippen molar-refractivity contribution >= 4 is 45.7 Å². The first-order valence-corrected chi connectivity index (χ1v) is 25.6. The Kier molecular flexibility index (Phi) is 16.5. The van der Waals surface area contributed by atoms with E-state index in [1.807, 2.05) is 12.1 Å². The SMILES string of the molecule is COc1cc(NC2CCN(C(=O)CC(=O)O[C@@H]3CC/C=C/O[C@H]4Oc5c(C)c(O)c6c(O)c(c7c(c6c5C4=O)=NC4(CCN(CC(C)C)CC4)N=7)NC(=O)/C(C)=C\C=C\C(C)[C@H](O)CC(O)C3)CC2)cc(OC)c1. The van der Waals surface area contributed by atoms with Crippen LogP contribution in [-0.4, -0.2) is 137 Å². The molecule has 0 saturated carbocycles. The number of fused-ring (bicyclic) bond motifs is 13. The zero-order valence-corrected chi connectivity index (χ0v) is 43.3. The van der Waals surface area contributed by atoms with Gasteiger partial charge in [0.15, 0.2) is 11.4 Å². The van der Waals surface area contributed by atoms with E-state index in [0.29, 0.717) is 69.3 Å². The van der Waals surface area contributed by atoms with Crippen LogP contribution in [0.1, 0.15) is 101 Å². The standard InChI is InChI=1S/C55H70N6O13/c1-30(2)29-60-20-16-55(17-21-60)58-46-43-44-49(66)33(5)52-45(43)51(68)54(74-52)72-22-9-8-13-37(25-36(62)26-40(63)31(3)11-10-12-32(4)53(69)57-48(50(44)67)47(46)59-55)73-42(65)28-41(64)61-18-14-34(15-19-61)56-35-23-38(70-6)27-39(24-35)71-7/h9-12,22-24,27,30-31,34,36-37,40,54,56,62-63,66-67H,8,13-21,25-26,28-29H2,1-7H3,(H,57,69)/b11-10+,22-9+,32-12-/t31?,36?,37-,40-,54+/m1/s1. The van der Waals surface area contributed by atoms with E-state index in [1.165, 1.54) is 6.26 Å². The largest absolute Gasteiger partial charge is 0.507 e. The molecule has 9 rings (SSSR count). The van der Waals surface area contributed by atoms with Crippen molar-refractivity contribution in [1.29, 1.82) is 0 Å². The summed E-state index contributed by atoms with van der Waals surface area (Å²) in [6.45, 7) is 12.4. The molecule has 398 valence electrons. The molecule has 6 aliphatic rings. The number of likely N-dealkylation sites (tertiary alicyclic amines) is 2. The van der Waals surface area contributed by atoms with Crippen molar-refractivity contribution < 1.29 is 63.3 Å². The van der Waals surface area contributed by atoms with Gasteiger partial charge in [0.05, 0.1) is 49.0 Å². The molecule has 2 saturated heterocycles. The first kappa shape index (κ1) is 53.6. The molecule has 0 aliphatic carbocycles. The monoisotopic (exact) mass is 1020 g/mol. The van der Waals surface area contributed by atoms with E-state index in [0.717, 1.165) is 12.2 Å². The Labute approximate surface area is 430 Å². The topological polar surface area (TPSA) is 251 Å². The third-order valence-corrected chi connectivity index (χ3v) is 14.6. The maximum atomic E-state index is 14.4. The minimum absolute atomic E-state index is 0.0454. The van der Waals surface area contributed by atoms with E-state index in [9.17, 15) is 39.6 Å². The number of carbonyl (C=O) groups is 4. The first-order chi connectivity index (χ1) is 35.4. The average Bonchev–Trinajstić information content (AvgIpc) is 3.90. The second-order valence-electron chi connectivity index (χ2n) is 20.6. The van der Waals surface area contributed by atoms with Gasteiger partial charge in [-0.05, 0) is 57.9 Å². The Morgan fingerprint density at radius 2 is 1.62 bits per heavy atom. The number of aliphatic hydroxyl groups excluding tert-OH is 2. The van der Waals surface area contributed by atoms with Crippen LogP contribution in [0.3, 0.4) is 0 Å². The maximum absolute atomic E-state index is 14.4. The third-order valence-electron chi connectivity index (χ3n) is 14.6. The number of amides is 2. The fourth-order valence-corrected chi connectivity index (χ4v) is 10.4. The van der Waals surface area contributed by atoms with Crippen molar-refractivity contribution in [2.24, 2.45) is 21.8 Å². The number of Topliss-reactive ketones (excluding diaryl/α,β-unsaturated/α-hetero) is 1. The van der Waals surface area contributed by atoms with Crippen molar-refractivity contribution in [1.82, 2.24) is 9.80 Å². The van der Waals surface area contributed by atoms with Crippen LogP contribution in [0.5, 0.6) is 28.7 Å². The van der Waals surface area contributed by atoms with E-state index in [2.05, 4.69) is 29.4 Å². The number of aliphatic hydroxyl groups is 2. The molecule has 74 heavy (non-hydrogen) atoms. The molecule has 19 heteroatoms. The summed E-state index contributed by atoms with van der Waals surface area (Å²) >= 11 is 0. The number of allylic oxidation sites excluding steroid dienone is 3. The van der Waals surface area contributed by atoms with Crippen LogP contribution in [0.2, 0.25) is 0 Å². The summed E-state index contributed by atoms with van der Waals surface area (Å²) in [6, 6.07) is 5.60. The van der Waals surface area contributed by atoms with Crippen molar-refractivity contribution in [2.45, 2.75) is 129 Å². The van der Waals surface area contributed by atoms with Gasteiger partial charge in [-0.1, -0.05) is 39.0 Å². The molecular weight excluding hydrogens is 953 g/mol. The van der Waals surface area contributed by atoms with Gasteiger partial charge < -0.3 is 64.5 Å². The number of carbonyl (C=O) groups excluding carboxylic acids is 4. The number of ether oxygens (including phenoxy) is 5. The molecule has 6 heterocycles. The lowest BCUT2D eigenvalue weighted by Gasteiger charge is -2.36. The number of aromatic hydroxyl groups is 2. The van der Waals surface area contributed by atoms with Gasteiger partial charge in [0, 0.05) is 104 Å². The van der Waals surface area contributed by atoms with Crippen molar-refractivity contribution in [3.63, 3.8) is 0 Å². The Bertz CT molecular complexity index is 2840. The third kappa shape index (κ3) is 11.8. The number of hydrogen-bond donors (Lipinski definition) is 6. The number of anilines is 2. The van der Waals surface area contributed by atoms with E-state index < -0.39 is 66.0 Å². The maximum Gasteiger partial charge on any atom is 0.315 e. The van der Waals surface area contributed by atoms with Crippen LogP contribution >= 0.6 is 0 Å². The van der Waals surface area contributed by atoms with Gasteiger partial charge in [-0.15, -0.1) is 0 Å². The molecule has 2 fully saturated rings. The number of methoxy groups -OCH3 is 2. The summed E-state index contributed by atoms with van der Waals surface area (Å²) < 4.78 is 28.6. The summed E-state index contributed by atoms with van der Waals surface area (Å²) in [5.74, 6) is -1.86. The van der Waals surface area contributed by atoms with Crippen molar-refractivity contribution in [3.05, 3.63) is 76.2 Å². The molecule has 6 N–H and O–H groups in total. The number of nitrogens with zero attached hydrogens (tertiary/aromatic N) is 4. The molecule has 3 aromatic rings. The number of benzene rings is 3. The molecule has 2 amide bonds. The lowest BCUT2D eigenvalue weighted by Crippen LogP contribution is -2.43. The molecular formula is C55H70N6O13. The molecule has 0 radical (unpaired) electrons. The van der Waals surface area contributed by atoms with E-state index in [4.69, 9.17) is 33.7 Å². The Hall–Kier alpha value is -6.70. The summed E-state index contributed by atoms with van der Waals surface area (Å²) in [5, 5.41) is 53.1. The number of phenolic OH excluding ortho intramolecular Hbond substituents is 2. The summed E-state index contributed by atoms with van der Waals surface area (Å²) in [7, 11) is 3.17. The summed E-state index contributed by atoms with van der Waals surface area (Å²) in [6.07, 6.45) is 5.43. The highest BCUT2D eigenvalue weighted by molar-refractivity contribution is 6.18. The van der Waals surface area contributed by atoms with Crippen LogP contribution in [-0.2, 0) is 23.9 Å². The molecule has 0 aromatic heterocycles. The van der Waals surface area contributed by atoms with Crippen molar-refractivity contribution in [3.8, 4) is 28.7 Å². The van der Waals surface area contributed by atoms with Gasteiger partial charge in [-0.2, -0.15) is 0 Å². The highest BCUT2D eigenvalue weighted by atomic mass is 16.7. The predicted octanol–water partition coefficient (Wildman–Crippen LogP) is 5.49. The average molecular weight is 1020 g/mol. The van der Waals surface area contributed by atoms with Gasteiger partial charge in [0.25, 0.3) is 5.91 Å². The molecule has 5 bridgehead atoms. The van der Waals surface area contributed by atoms with Gasteiger partial charge in [0.1, 0.15) is 46.6 Å². The quantitative estimate of drug-likeness (QED) is 0.0882. The lowest BCUT2D eigenvalue weighted by molar-refractivity contribution is -0.155. The van der Waals surface area contributed by atoms with E-state index >= 15 is 0 Å². The second-order valence-corrected chi connectivity index (χ2v) is 20.6. The van der Waals surface area contributed by atoms with Crippen LogP contribution in [0.4, 0.5) is 11.4 Å². The van der Waals surface area contributed by atoms with Crippen molar-refractivity contribution in [2.75, 3.05) is 57.6 Å². The summed E-state index contributed by atoms with van der Waals surface area (Å²) in [4.78, 5) is 69.4. The Morgan fingerprint density at radius 3 is 2.30 bits per heavy atom. The zero-order valence-electron chi connectivity index (χ0n) is 43.3. The Morgan fingerprint density at radius 1 is 0.932 bits per heavy atom.